The lowest BCUT2D eigenvalue weighted by Gasteiger charge is -2.33. The average Bonchev–Trinajstić information content (AvgIpc) is 2.90. The number of ether oxygens (including phenoxy) is 2. The number of esters is 2. The summed E-state index contributed by atoms with van der Waals surface area (Å²) >= 11 is 0. The van der Waals surface area contributed by atoms with E-state index in [0.717, 1.165) is 22.3 Å². The number of benzene rings is 4. The summed E-state index contributed by atoms with van der Waals surface area (Å²) in [6.45, 7) is 3.55. The van der Waals surface area contributed by atoms with Crippen molar-refractivity contribution in [1.82, 2.24) is 0 Å². The van der Waals surface area contributed by atoms with Gasteiger partial charge in [0.15, 0.2) is 11.2 Å². The third-order valence-electron chi connectivity index (χ3n) is 6.06. The second-order valence-electron chi connectivity index (χ2n) is 8.31. The van der Waals surface area contributed by atoms with Crippen molar-refractivity contribution in [1.29, 1.82) is 0 Å². The van der Waals surface area contributed by atoms with Gasteiger partial charge in [0.2, 0.25) is 0 Å². The normalized spacial score (nSPS) is 11.5. The summed E-state index contributed by atoms with van der Waals surface area (Å²) < 4.78 is 11.8. The number of carbonyl (C=O) groups excluding carboxylic acids is 2. The molecule has 170 valence electrons. The Kier molecular flexibility index (Phi) is 6.60. The SMILES string of the molecule is CC(OC(=O)C(=O)OC(C)(c1ccccc1)c1ccccc1)(c1ccccc1)c1ccccc1. The molecule has 0 aromatic heterocycles. The molecule has 0 amide bonds. The maximum absolute atomic E-state index is 13.1. The Labute approximate surface area is 199 Å². The van der Waals surface area contributed by atoms with Crippen molar-refractivity contribution >= 4 is 11.9 Å². The highest BCUT2D eigenvalue weighted by atomic mass is 16.6. The molecule has 4 rings (SSSR count). The molecular weight excluding hydrogens is 424 g/mol. The van der Waals surface area contributed by atoms with Gasteiger partial charge in [-0.3, -0.25) is 0 Å². The lowest BCUT2D eigenvalue weighted by Crippen LogP contribution is -2.38. The van der Waals surface area contributed by atoms with E-state index in [2.05, 4.69) is 0 Å². The number of carbonyl (C=O) groups is 2. The standard InChI is InChI=1S/C30H26O4/c1-29(23-15-7-3-8-16-23,24-17-9-4-10-18-24)33-27(31)28(32)34-30(2,25-19-11-5-12-20-25)26-21-13-6-14-22-26/h3-22H,1-2H3. The molecule has 0 saturated carbocycles. The third kappa shape index (κ3) is 4.62. The van der Waals surface area contributed by atoms with E-state index in [-0.39, 0.29) is 0 Å². The highest BCUT2D eigenvalue weighted by Gasteiger charge is 2.40. The molecule has 0 unspecified atom stereocenters. The lowest BCUT2D eigenvalue weighted by atomic mass is 9.87. The summed E-state index contributed by atoms with van der Waals surface area (Å²) in [5.74, 6) is -2.12. The zero-order valence-electron chi connectivity index (χ0n) is 19.2. The van der Waals surface area contributed by atoms with Gasteiger partial charge in [0, 0.05) is 0 Å². The van der Waals surface area contributed by atoms with Crippen LogP contribution in [0.4, 0.5) is 0 Å². The van der Waals surface area contributed by atoms with Crippen molar-refractivity contribution in [3.05, 3.63) is 144 Å². The molecule has 34 heavy (non-hydrogen) atoms. The molecule has 0 heterocycles. The zero-order chi connectivity index (χ0) is 24.0. The lowest BCUT2D eigenvalue weighted by molar-refractivity contribution is -0.181. The van der Waals surface area contributed by atoms with Crippen molar-refractivity contribution in [2.45, 2.75) is 25.0 Å². The Morgan fingerprint density at radius 3 is 0.853 bits per heavy atom. The number of rotatable bonds is 6. The largest absolute Gasteiger partial charge is 0.441 e. The van der Waals surface area contributed by atoms with Crippen LogP contribution in [0.3, 0.4) is 0 Å². The molecule has 0 bridgehead atoms. The third-order valence-corrected chi connectivity index (χ3v) is 6.06. The van der Waals surface area contributed by atoms with E-state index in [9.17, 15) is 9.59 Å². The van der Waals surface area contributed by atoms with Gasteiger partial charge in [-0.15, -0.1) is 0 Å². The Bertz CT molecular complexity index is 1060. The van der Waals surface area contributed by atoms with E-state index in [1.54, 1.807) is 13.8 Å². The van der Waals surface area contributed by atoms with Crippen LogP contribution in [0.15, 0.2) is 121 Å². The van der Waals surface area contributed by atoms with Crippen LogP contribution in [0.5, 0.6) is 0 Å². The Morgan fingerprint density at radius 1 is 0.441 bits per heavy atom. The first kappa shape index (κ1) is 23.0. The molecule has 4 heteroatoms. The van der Waals surface area contributed by atoms with Crippen LogP contribution in [0, 0.1) is 0 Å². The molecular formula is C30H26O4. The Hall–Kier alpha value is -4.18. The predicted molar refractivity (Wildman–Crippen MR) is 131 cm³/mol. The predicted octanol–water partition coefficient (Wildman–Crippen LogP) is 6.00. The molecule has 0 aliphatic carbocycles. The second-order valence-corrected chi connectivity index (χ2v) is 8.31. The zero-order valence-corrected chi connectivity index (χ0v) is 19.2. The van der Waals surface area contributed by atoms with E-state index >= 15 is 0 Å². The fourth-order valence-electron chi connectivity index (χ4n) is 4.05. The van der Waals surface area contributed by atoms with Gasteiger partial charge in [0.25, 0.3) is 0 Å². The van der Waals surface area contributed by atoms with E-state index in [4.69, 9.17) is 9.47 Å². The molecule has 0 N–H and O–H groups in total. The summed E-state index contributed by atoms with van der Waals surface area (Å²) in [5, 5.41) is 0. The molecule has 4 aromatic rings. The fourth-order valence-corrected chi connectivity index (χ4v) is 4.05. The monoisotopic (exact) mass is 450 g/mol. The quantitative estimate of drug-likeness (QED) is 0.267. The molecule has 0 radical (unpaired) electrons. The van der Waals surface area contributed by atoms with Crippen LogP contribution in [-0.2, 0) is 30.3 Å². The van der Waals surface area contributed by atoms with Crippen molar-refractivity contribution in [3.63, 3.8) is 0 Å². The first-order chi connectivity index (χ1) is 16.4. The van der Waals surface area contributed by atoms with Crippen molar-refractivity contribution in [2.75, 3.05) is 0 Å². The molecule has 0 aliphatic rings. The maximum Gasteiger partial charge on any atom is 0.418 e. The summed E-state index contributed by atoms with van der Waals surface area (Å²) in [6, 6.07) is 37.4. The first-order valence-electron chi connectivity index (χ1n) is 11.1. The van der Waals surface area contributed by atoms with E-state index in [1.165, 1.54) is 0 Å². The smallest absolute Gasteiger partial charge is 0.418 e. The fraction of sp³-hybridized carbons (Fsp3) is 0.133. The van der Waals surface area contributed by atoms with Gasteiger partial charge < -0.3 is 9.47 Å². The van der Waals surface area contributed by atoms with Crippen molar-refractivity contribution < 1.29 is 19.1 Å². The topological polar surface area (TPSA) is 52.6 Å². The van der Waals surface area contributed by atoms with Gasteiger partial charge in [-0.1, -0.05) is 121 Å². The molecule has 0 aliphatic heterocycles. The number of hydrogen-bond donors (Lipinski definition) is 0. The van der Waals surface area contributed by atoms with Gasteiger partial charge in [-0.05, 0) is 36.1 Å². The summed E-state index contributed by atoms with van der Waals surface area (Å²) in [4.78, 5) is 26.3. The molecule has 0 fully saturated rings. The van der Waals surface area contributed by atoms with Crippen molar-refractivity contribution in [3.8, 4) is 0 Å². The molecule has 4 nitrogen and oxygen atoms in total. The van der Waals surface area contributed by atoms with Crippen LogP contribution in [0.25, 0.3) is 0 Å². The molecule has 4 aromatic carbocycles. The second kappa shape index (κ2) is 9.75. The summed E-state index contributed by atoms with van der Waals surface area (Å²) in [6.07, 6.45) is 0. The van der Waals surface area contributed by atoms with Crippen LogP contribution in [-0.4, -0.2) is 11.9 Å². The highest BCUT2D eigenvalue weighted by Crippen LogP contribution is 2.36. The van der Waals surface area contributed by atoms with E-state index in [1.807, 2.05) is 121 Å². The molecule has 0 saturated heterocycles. The minimum absolute atomic E-state index is 0.747. The van der Waals surface area contributed by atoms with Crippen LogP contribution < -0.4 is 0 Å². The average molecular weight is 451 g/mol. The van der Waals surface area contributed by atoms with Gasteiger partial charge in [-0.2, -0.15) is 0 Å². The minimum Gasteiger partial charge on any atom is -0.441 e. The Balaban J connectivity index is 1.66. The first-order valence-corrected chi connectivity index (χ1v) is 11.1. The summed E-state index contributed by atoms with van der Waals surface area (Å²) in [7, 11) is 0. The van der Waals surface area contributed by atoms with E-state index in [0.29, 0.717) is 0 Å². The Morgan fingerprint density at radius 2 is 0.647 bits per heavy atom. The van der Waals surface area contributed by atoms with Gasteiger partial charge in [-0.25, -0.2) is 9.59 Å². The number of hydrogen-bond acceptors (Lipinski definition) is 4. The van der Waals surface area contributed by atoms with Crippen LogP contribution in [0.1, 0.15) is 36.1 Å². The van der Waals surface area contributed by atoms with Gasteiger partial charge >= 0.3 is 11.9 Å². The van der Waals surface area contributed by atoms with E-state index < -0.39 is 23.1 Å². The molecule has 0 spiro atoms. The van der Waals surface area contributed by atoms with Gasteiger partial charge in [0.1, 0.15) is 0 Å². The van der Waals surface area contributed by atoms with Crippen LogP contribution in [0.2, 0.25) is 0 Å². The minimum atomic E-state index is -1.17. The highest BCUT2D eigenvalue weighted by molar-refractivity contribution is 6.30. The van der Waals surface area contributed by atoms with Crippen LogP contribution >= 0.6 is 0 Å². The molecule has 0 atom stereocenters. The van der Waals surface area contributed by atoms with Gasteiger partial charge in [0.05, 0.1) is 0 Å². The summed E-state index contributed by atoms with van der Waals surface area (Å²) in [5.41, 5.74) is 0.642. The maximum atomic E-state index is 13.1. The van der Waals surface area contributed by atoms with Crippen molar-refractivity contribution in [2.24, 2.45) is 0 Å².